The molecule has 0 aliphatic heterocycles. The maximum atomic E-state index is 11.7. The van der Waals surface area contributed by atoms with E-state index < -0.39 is 13.0 Å². The van der Waals surface area contributed by atoms with Crippen molar-refractivity contribution in [1.29, 1.82) is 0 Å². The zero-order valence-corrected chi connectivity index (χ0v) is 7.34. The van der Waals surface area contributed by atoms with Crippen LogP contribution in [0.4, 0.5) is 8.78 Å². The number of aromatic nitrogens is 2. The summed E-state index contributed by atoms with van der Waals surface area (Å²) in [6.07, 6.45) is 0.142. The zero-order valence-electron chi connectivity index (χ0n) is 6.58. The fraction of sp³-hybridized carbons (Fsp3) is 0.429. The molecule has 0 aliphatic rings. The quantitative estimate of drug-likeness (QED) is 0.709. The lowest BCUT2D eigenvalue weighted by Gasteiger charge is -2.03. The summed E-state index contributed by atoms with van der Waals surface area (Å²) < 4.78 is 27.9. The van der Waals surface area contributed by atoms with Crippen LogP contribution >= 0.6 is 11.6 Å². The molecule has 1 heterocycles. The summed E-state index contributed by atoms with van der Waals surface area (Å²) >= 11 is 5.44. The Hall–Kier alpha value is -0.970. The Balaban J connectivity index is 2.49. The first-order valence-electron chi connectivity index (χ1n) is 3.50. The van der Waals surface area contributed by atoms with Crippen molar-refractivity contribution in [2.24, 2.45) is 0 Å². The molecule has 0 fully saturated rings. The average molecular weight is 209 g/mol. The molecule has 0 spiro atoms. The summed E-state index contributed by atoms with van der Waals surface area (Å²) in [5, 5.41) is 0. The summed E-state index contributed by atoms with van der Waals surface area (Å²) in [7, 11) is 0. The van der Waals surface area contributed by atoms with Gasteiger partial charge in [0.05, 0.1) is 24.0 Å². The molecule has 0 N–H and O–H groups in total. The van der Waals surface area contributed by atoms with Crippen molar-refractivity contribution in [3.8, 4) is 5.88 Å². The third-order valence-corrected chi connectivity index (χ3v) is 1.45. The Morgan fingerprint density at radius 3 is 2.62 bits per heavy atom. The number of rotatable bonds is 4. The summed E-state index contributed by atoms with van der Waals surface area (Å²) in [5.41, 5.74) is 0.575. The molecular formula is C7H7ClF2N2O. The third-order valence-electron chi connectivity index (χ3n) is 1.18. The van der Waals surface area contributed by atoms with E-state index >= 15 is 0 Å². The molecule has 0 aliphatic carbocycles. The number of hydrogen-bond acceptors (Lipinski definition) is 3. The van der Waals surface area contributed by atoms with E-state index in [1.165, 1.54) is 12.4 Å². The van der Waals surface area contributed by atoms with Gasteiger partial charge in [0.15, 0.2) is 6.61 Å². The van der Waals surface area contributed by atoms with Gasteiger partial charge in [0.2, 0.25) is 5.88 Å². The number of halogens is 3. The van der Waals surface area contributed by atoms with Crippen molar-refractivity contribution in [3.05, 3.63) is 18.1 Å². The molecule has 1 aromatic rings. The monoisotopic (exact) mass is 208 g/mol. The van der Waals surface area contributed by atoms with Crippen LogP contribution in [0, 0.1) is 0 Å². The first-order chi connectivity index (χ1) is 6.22. The van der Waals surface area contributed by atoms with Crippen LogP contribution in [-0.4, -0.2) is 23.0 Å². The van der Waals surface area contributed by atoms with Gasteiger partial charge in [0.1, 0.15) is 0 Å². The SMILES string of the molecule is FC(F)COc1cnc(CCl)cn1. The fourth-order valence-electron chi connectivity index (χ4n) is 0.635. The van der Waals surface area contributed by atoms with Gasteiger partial charge in [-0.05, 0) is 0 Å². The van der Waals surface area contributed by atoms with Gasteiger partial charge in [-0.1, -0.05) is 0 Å². The standard InChI is InChI=1S/C7H7ClF2N2O/c8-1-5-2-12-7(3-11-5)13-4-6(9)10/h2-3,6H,1,4H2. The van der Waals surface area contributed by atoms with Gasteiger partial charge < -0.3 is 4.74 Å². The zero-order chi connectivity index (χ0) is 9.68. The Morgan fingerprint density at radius 1 is 1.38 bits per heavy atom. The Bertz CT molecular complexity index is 255. The number of hydrogen-bond donors (Lipinski definition) is 0. The molecule has 3 nitrogen and oxygen atoms in total. The normalized spacial score (nSPS) is 10.5. The maximum Gasteiger partial charge on any atom is 0.272 e. The molecule has 13 heavy (non-hydrogen) atoms. The minimum absolute atomic E-state index is 0.0779. The van der Waals surface area contributed by atoms with Gasteiger partial charge in [-0.2, -0.15) is 0 Å². The van der Waals surface area contributed by atoms with Crippen molar-refractivity contribution in [1.82, 2.24) is 9.97 Å². The molecule has 0 saturated heterocycles. The molecule has 0 aromatic carbocycles. The minimum atomic E-state index is -2.51. The van der Waals surface area contributed by atoms with Gasteiger partial charge >= 0.3 is 0 Å². The van der Waals surface area contributed by atoms with Gasteiger partial charge in [0, 0.05) is 0 Å². The lowest BCUT2D eigenvalue weighted by molar-refractivity contribution is 0.0793. The van der Waals surface area contributed by atoms with E-state index in [9.17, 15) is 8.78 Å². The highest BCUT2D eigenvalue weighted by atomic mass is 35.5. The third kappa shape index (κ3) is 3.50. The average Bonchev–Trinajstić information content (AvgIpc) is 2.15. The Morgan fingerprint density at radius 2 is 2.15 bits per heavy atom. The van der Waals surface area contributed by atoms with Crippen LogP contribution in [0.15, 0.2) is 12.4 Å². The Kier molecular flexibility index (Phi) is 3.82. The number of ether oxygens (including phenoxy) is 1. The molecule has 1 rings (SSSR count). The molecule has 6 heteroatoms. The first kappa shape index (κ1) is 10.1. The van der Waals surface area contributed by atoms with Crippen molar-refractivity contribution in [3.63, 3.8) is 0 Å². The summed E-state index contributed by atoms with van der Waals surface area (Å²) in [6, 6.07) is 0. The minimum Gasteiger partial charge on any atom is -0.470 e. The fourth-order valence-corrected chi connectivity index (χ4v) is 0.773. The van der Waals surface area contributed by atoms with Gasteiger partial charge in [-0.3, -0.25) is 4.98 Å². The molecule has 0 saturated carbocycles. The van der Waals surface area contributed by atoms with E-state index in [-0.39, 0.29) is 11.8 Å². The summed E-state index contributed by atoms with van der Waals surface area (Å²) in [5.74, 6) is 0.316. The van der Waals surface area contributed by atoms with E-state index in [4.69, 9.17) is 11.6 Å². The van der Waals surface area contributed by atoms with Crippen LogP contribution in [0.25, 0.3) is 0 Å². The largest absolute Gasteiger partial charge is 0.470 e. The van der Waals surface area contributed by atoms with Crippen LogP contribution in [-0.2, 0) is 5.88 Å². The molecule has 72 valence electrons. The van der Waals surface area contributed by atoms with Crippen molar-refractivity contribution >= 4 is 11.6 Å². The van der Waals surface area contributed by atoms with E-state index in [1.807, 2.05) is 0 Å². The Labute approximate surface area is 78.7 Å². The van der Waals surface area contributed by atoms with Crippen molar-refractivity contribution < 1.29 is 13.5 Å². The van der Waals surface area contributed by atoms with Crippen LogP contribution in [0.3, 0.4) is 0 Å². The van der Waals surface area contributed by atoms with Crippen LogP contribution in [0.2, 0.25) is 0 Å². The van der Waals surface area contributed by atoms with Gasteiger partial charge in [0.25, 0.3) is 6.43 Å². The van der Waals surface area contributed by atoms with E-state index in [0.717, 1.165) is 0 Å². The van der Waals surface area contributed by atoms with Crippen molar-refractivity contribution in [2.45, 2.75) is 12.3 Å². The number of nitrogens with zero attached hydrogens (tertiary/aromatic N) is 2. The maximum absolute atomic E-state index is 11.7. The summed E-state index contributed by atoms with van der Waals surface area (Å²) in [6.45, 7) is -0.672. The molecule has 0 unspecified atom stereocenters. The van der Waals surface area contributed by atoms with E-state index in [2.05, 4.69) is 14.7 Å². The van der Waals surface area contributed by atoms with Crippen LogP contribution in [0.5, 0.6) is 5.88 Å². The highest BCUT2D eigenvalue weighted by Crippen LogP contribution is 2.06. The van der Waals surface area contributed by atoms with Gasteiger partial charge in [-0.15, -0.1) is 11.6 Å². The van der Waals surface area contributed by atoms with Gasteiger partial charge in [-0.25, -0.2) is 13.8 Å². The van der Waals surface area contributed by atoms with Crippen LogP contribution < -0.4 is 4.74 Å². The predicted molar refractivity (Wildman–Crippen MR) is 43.1 cm³/mol. The lowest BCUT2D eigenvalue weighted by Crippen LogP contribution is -2.08. The molecule has 1 aromatic heterocycles. The van der Waals surface area contributed by atoms with Crippen LogP contribution in [0.1, 0.15) is 5.69 Å². The van der Waals surface area contributed by atoms with E-state index in [1.54, 1.807) is 0 Å². The predicted octanol–water partition coefficient (Wildman–Crippen LogP) is 1.86. The molecular weight excluding hydrogens is 202 g/mol. The molecule has 0 atom stereocenters. The van der Waals surface area contributed by atoms with Crippen molar-refractivity contribution in [2.75, 3.05) is 6.61 Å². The summed E-state index contributed by atoms with van der Waals surface area (Å²) in [4.78, 5) is 7.53. The topological polar surface area (TPSA) is 35.0 Å². The first-order valence-corrected chi connectivity index (χ1v) is 4.03. The van der Waals surface area contributed by atoms with E-state index in [0.29, 0.717) is 5.69 Å². The highest BCUT2D eigenvalue weighted by molar-refractivity contribution is 6.16. The second-order valence-corrected chi connectivity index (χ2v) is 2.45. The molecule has 0 amide bonds. The smallest absolute Gasteiger partial charge is 0.272 e. The second kappa shape index (κ2) is 4.91. The highest BCUT2D eigenvalue weighted by Gasteiger charge is 2.04. The second-order valence-electron chi connectivity index (χ2n) is 2.18. The number of alkyl halides is 3. The molecule has 0 radical (unpaired) electrons. The lowest BCUT2D eigenvalue weighted by atomic mass is 10.5. The molecule has 0 bridgehead atoms.